The Hall–Kier alpha value is -2.53. The van der Waals surface area contributed by atoms with Gasteiger partial charge in [0.15, 0.2) is 0 Å². The first kappa shape index (κ1) is 22.2. The fourth-order valence-corrected chi connectivity index (χ4v) is 3.22. The maximum Gasteiger partial charge on any atom is 0.138 e. The smallest absolute Gasteiger partial charge is 0.138 e. The average molecular weight is 426 g/mol. The fourth-order valence-electron chi connectivity index (χ4n) is 2.99. The number of aliphatic hydroxyl groups is 1. The van der Waals surface area contributed by atoms with E-state index >= 15 is 0 Å². The monoisotopic (exact) mass is 425 g/mol. The summed E-state index contributed by atoms with van der Waals surface area (Å²) >= 11 is 6.26. The van der Waals surface area contributed by atoms with Crippen LogP contribution in [-0.4, -0.2) is 17.8 Å². The van der Waals surface area contributed by atoms with Gasteiger partial charge in [-0.15, -0.1) is 0 Å². The minimum Gasteiger partial charge on any atom is -0.489 e. The summed E-state index contributed by atoms with van der Waals surface area (Å²) < 4.78 is 11.4. The highest BCUT2D eigenvalue weighted by atomic mass is 35.5. The topological polar surface area (TPSA) is 50.7 Å². The first-order valence-corrected chi connectivity index (χ1v) is 10.5. The molecule has 3 rings (SSSR count). The highest BCUT2D eigenvalue weighted by Crippen LogP contribution is 2.28. The van der Waals surface area contributed by atoms with E-state index in [1.54, 1.807) is 12.1 Å². The van der Waals surface area contributed by atoms with Gasteiger partial charge in [0.05, 0.1) is 17.2 Å². The summed E-state index contributed by atoms with van der Waals surface area (Å²) in [5.74, 6) is 1.46. The third-order valence-electron chi connectivity index (χ3n) is 4.54. The first-order chi connectivity index (χ1) is 14.5. The summed E-state index contributed by atoms with van der Waals surface area (Å²) in [5.41, 5.74) is 3.02. The Labute approximate surface area is 183 Å². The van der Waals surface area contributed by atoms with E-state index in [1.807, 2.05) is 74.5 Å². The molecular weight excluding hydrogens is 398 g/mol. The molecule has 3 aromatic carbocycles. The van der Waals surface area contributed by atoms with Crippen molar-refractivity contribution in [1.82, 2.24) is 5.32 Å². The van der Waals surface area contributed by atoms with Crippen molar-refractivity contribution in [3.05, 3.63) is 94.5 Å². The third kappa shape index (κ3) is 6.77. The zero-order valence-electron chi connectivity index (χ0n) is 17.3. The van der Waals surface area contributed by atoms with Crippen molar-refractivity contribution in [1.29, 1.82) is 0 Å². The van der Waals surface area contributed by atoms with E-state index in [2.05, 4.69) is 5.32 Å². The highest BCUT2D eigenvalue weighted by molar-refractivity contribution is 6.32. The van der Waals surface area contributed by atoms with Gasteiger partial charge in [-0.2, -0.15) is 0 Å². The molecule has 0 aliphatic carbocycles. The molecule has 4 nitrogen and oxygen atoms in total. The molecule has 158 valence electrons. The Morgan fingerprint density at radius 1 is 0.933 bits per heavy atom. The third-order valence-corrected chi connectivity index (χ3v) is 4.84. The molecule has 0 fully saturated rings. The minimum absolute atomic E-state index is 0.0510. The van der Waals surface area contributed by atoms with Crippen LogP contribution in [0.5, 0.6) is 11.5 Å². The van der Waals surface area contributed by atoms with Gasteiger partial charge in [0.1, 0.15) is 18.1 Å². The zero-order valence-corrected chi connectivity index (χ0v) is 18.1. The summed E-state index contributed by atoms with van der Waals surface area (Å²) in [5, 5.41) is 14.2. The molecule has 0 saturated carbocycles. The molecule has 5 heteroatoms. The standard InChI is InChI=1S/C25H28ClNO3/c1-18(2)30-25-13-10-21(14-23(25)26)24(28)16-27-15-19-8-11-22(12-9-19)29-17-20-6-4-3-5-7-20/h3-14,18,24,27-28H,15-17H2,1-2H3. The SMILES string of the molecule is CC(C)Oc1ccc(C(O)CNCc2ccc(OCc3ccccc3)cc2)cc1Cl. The normalized spacial score (nSPS) is 12.0. The van der Waals surface area contributed by atoms with Gasteiger partial charge in [0, 0.05) is 13.1 Å². The number of ether oxygens (including phenoxy) is 2. The summed E-state index contributed by atoms with van der Waals surface area (Å²) in [7, 11) is 0. The minimum atomic E-state index is -0.649. The first-order valence-electron chi connectivity index (χ1n) is 10.1. The van der Waals surface area contributed by atoms with Crippen LogP contribution in [0, 0.1) is 0 Å². The number of nitrogens with one attached hydrogen (secondary N) is 1. The van der Waals surface area contributed by atoms with Gasteiger partial charge < -0.3 is 19.9 Å². The average Bonchev–Trinajstić information content (AvgIpc) is 2.75. The van der Waals surface area contributed by atoms with E-state index < -0.39 is 6.10 Å². The molecular formula is C25H28ClNO3. The van der Waals surface area contributed by atoms with E-state index in [9.17, 15) is 5.11 Å². The van der Waals surface area contributed by atoms with Gasteiger partial charge >= 0.3 is 0 Å². The van der Waals surface area contributed by atoms with Crippen LogP contribution >= 0.6 is 11.6 Å². The van der Waals surface area contributed by atoms with E-state index in [0.29, 0.717) is 30.5 Å². The van der Waals surface area contributed by atoms with Crippen LogP contribution in [-0.2, 0) is 13.2 Å². The largest absolute Gasteiger partial charge is 0.489 e. The van der Waals surface area contributed by atoms with E-state index in [1.165, 1.54) is 0 Å². The molecule has 0 aliphatic rings. The number of hydrogen-bond acceptors (Lipinski definition) is 4. The Balaban J connectivity index is 1.45. The van der Waals surface area contributed by atoms with Crippen LogP contribution < -0.4 is 14.8 Å². The summed E-state index contributed by atoms with van der Waals surface area (Å²) in [6.45, 7) is 5.52. The molecule has 0 heterocycles. The Morgan fingerprint density at radius 2 is 1.67 bits per heavy atom. The zero-order chi connectivity index (χ0) is 21.3. The Bertz CT molecular complexity index is 913. The predicted octanol–water partition coefficient (Wildman–Crippen LogP) is 5.53. The second kappa shape index (κ2) is 11.0. The molecule has 0 bridgehead atoms. The van der Waals surface area contributed by atoms with E-state index in [-0.39, 0.29) is 6.10 Å². The van der Waals surface area contributed by atoms with Gasteiger partial charge in [-0.1, -0.05) is 60.1 Å². The van der Waals surface area contributed by atoms with Crippen LogP contribution in [0.2, 0.25) is 5.02 Å². The summed E-state index contributed by atoms with van der Waals surface area (Å²) in [4.78, 5) is 0. The van der Waals surface area contributed by atoms with Crippen molar-refractivity contribution < 1.29 is 14.6 Å². The van der Waals surface area contributed by atoms with Crippen molar-refractivity contribution in [3.8, 4) is 11.5 Å². The lowest BCUT2D eigenvalue weighted by Gasteiger charge is -2.16. The van der Waals surface area contributed by atoms with Crippen LogP contribution in [0.25, 0.3) is 0 Å². The second-order valence-electron chi connectivity index (χ2n) is 7.42. The molecule has 1 unspecified atom stereocenters. The van der Waals surface area contributed by atoms with E-state index in [4.69, 9.17) is 21.1 Å². The molecule has 0 amide bonds. The van der Waals surface area contributed by atoms with Gasteiger partial charge in [-0.05, 0) is 54.8 Å². The Kier molecular flexibility index (Phi) is 8.14. The van der Waals surface area contributed by atoms with Crippen molar-refractivity contribution in [2.75, 3.05) is 6.54 Å². The quantitative estimate of drug-likeness (QED) is 0.448. The molecule has 0 aliphatic heterocycles. The second-order valence-corrected chi connectivity index (χ2v) is 7.83. The van der Waals surface area contributed by atoms with Gasteiger partial charge in [0.25, 0.3) is 0 Å². The Morgan fingerprint density at radius 3 is 2.33 bits per heavy atom. The van der Waals surface area contributed by atoms with Crippen LogP contribution in [0.4, 0.5) is 0 Å². The van der Waals surface area contributed by atoms with Crippen LogP contribution in [0.15, 0.2) is 72.8 Å². The lowest BCUT2D eigenvalue weighted by Crippen LogP contribution is -2.21. The molecule has 0 radical (unpaired) electrons. The number of aliphatic hydroxyl groups excluding tert-OH is 1. The molecule has 30 heavy (non-hydrogen) atoms. The van der Waals surface area contributed by atoms with Gasteiger partial charge in [-0.25, -0.2) is 0 Å². The van der Waals surface area contributed by atoms with Gasteiger partial charge in [0.2, 0.25) is 0 Å². The number of hydrogen-bond donors (Lipinski definition) is 2. The fraction of sp³-hybridized carbons (Fsp3) is 0.280. The van der Waals surface area contributed by atoms with Crippen molar-refractivity contribution in [3.63, 3.8) is 0 Å². The summed E-state index contributed by atoms with van der Waals surface area (Å²) in [6, 6.07) is 23.5. The summed E-state index contributed by atoms with van der Waals surface area (Å²) in [6.07, 6.45) is -0.598. The molecule has 0 saturated heterocycles. The van der Waals surface area contributed by atoms with Crippen LogP contribution in [0.1, 0.15) is 36.6 Å². The molecule has 3 aromatic rings. The molecule has 0 aromatic heterocycles. The molecule has 1 atom stereocenters. The number of benzene rings is 3. The van der Waals surface area contributed by atoms with Crippen molar-refractivity contribution >= 4 is 11.6 Å². The number of halogens is 1. The maximum atomic E-state index is 10.4. The van der Waals surface area contributed by atoms with Crippen molar-refractivity contribution in [2.24, 2.45) is 0 Å². The number of rotatable bonds is 10. The van der Waals surface area contributed by atoms with Gasteiger partial charge in [-0.3, -0.25) is 0 Å². The van der Waals surface area contributed by atoms with Crippen LogP contribution in [0.3, 0.4) is 0 Å². The predicted molar refractivity (Wildman–Crippen MR) is 121 cm³/mol. The highest BCUT2D eigenvalue weighted by Gasteiger charge is 2.11. The van der Waals surface area contributed by atoms with Crippen molar-refractivity contribution in [2.45, 2.75) is 39.2 Å². The lowest BCUT2D eigenvalue weighted by molar-refractivity contribution is 0.174. The van der Waals surface area contributed by atoms with E-state index in [0.717, 1.165) is 22.4 Å². The maximum absolute atomic E-state index is 10.4. The molecule has 2 N–H and O–H groups in total. The molecule has 0 spiro atoms. The lowest BCUT2D eigenvalue weighted by atomic mass is 10.1.